The normalized spacial score (nSPS) is 10.3. The maximum absolute atomic E-state index is 12.3. The Balaban J connectivity index is 2.17. The van der Waals surface area contributed by atoms with Gasteiger partial charge in [0, 0.05) is 4.47 Å². The first-order chi connectivity index (χ1) is 11.5. The van der Waals surface area contributed by atoms with E-state index in [-0.39, 0.29) is 12.3 Å². The number of hydrogen-bond acceptors (Lipinski definition) is 4. The van der Waals surface area contributed by atoms with E-state index in [0.717, 1.165) is 10.0 Å². The molecule has 3 N–H and O–H groups in total. The van der Waals surface area contributed by atoms with E-state index in [4.69, 9.17) is 15.2 Å². The van der Waals surface area contributed by atoms with Crippen molar-refractivity contribution >= 4 is 33.2 Å². The van der Waals surface area contributed by atoms with Crippen LogP contribution in [0, 0.1) is 0 Å². The van der Waals surface area contributed by atoms with Crippen LogP contribution in [-0.2, 0) is 11.2 Å². The van der Waals surface area contributed by atoms with Gasteiger partial charge in [-0.15, -0.1) is 0 Å². The first-order valence-corrected chi connectivity index (χ1v) is 8.56. The Bertz CT molecular complexity index is 719. The number of carbonyl (C=O) groups is 1. The molecule has 1 amide bonds. The number of anilines is 2. The van der Waals surface area contributed by atoms with Gasteiger partial charge in [-0.25, -0.2) is 0 Å². The summed E-state index contributed by atoms with van der Waals surface area (Å²) in [6.45, 7) is 4.88. The minimum absolute atomic E-state index is 0.153. The molecule has 0 aliphatic heterocycles. The molecule has 0 aliphatic carbocycles. The monoisotopic (exact) mass is 392 g/mol. The van der Waals surface area contributed by atoms with Gasteiger partial charge < -0.3 is 20.5 Å². The number of benzene rings is 2. The van der Waals surface area contributed by atoms with Gasteiger partial charge >= 0.3 is 0 Å². The van der Waals surface area contributed by atoms with E-state index in [0.29, 0.717) is 36.1 Å². The number of hydrogen-bond donors (Lipinski definition) is 2. The van der Waals surface area contributed by atoms with E-state index >= 15 is 0 Å². The van der Waals surface area contributed by atoms with Crippen LogP contribution in [0.1, 0.15) is 19.4 Å². The topological polar surface area (TPSA) is 73.6 Å². The summed E-state index contributed by atoms with van der Waals surface area (Å²) in [6, 6.07) is 10.8. The molecule has 0 heterocycles. The summed E-state index contributed by atoms with van der Waals surface area (Å²) in [6.07, 6.45) is 0.196. The number of carbonyl (C=O) groups excluding carboxylic acids is 1. The number of halogens is 1. The number of rotatable bonds is 7. The lowest BCUT2D eigenvalue weighted by Gasteiger charge is -2.14. The van der Waals surface area contributed by atoms with Crippen LogP contribution >= 0.6 is 15.9 Å². The summed E-state index contributed by atoms with van der Waals surface area (Å²) in [4.78, 5) is 12.3. The van der Waals surface area contributed by atoms with Crippen molar-refractivity contribution < 1.29 is 14.3 Å². The van der Waals surface area contributed by atoms with Crippen molar-refractivity contribution in [2.24, 2.45) is 0 Å². The SMILES string of the molecule is CCOc1cc(Br)c(CC(=O)Nc2ccccc2N)cc1OCC. The summed E-state index contributed by atoms with van der Waals surface area (Å²) >= 11 is 3.49. The van der Waals surface area contributed by atoms with Crippen LogP contribution in [-0.4, -0.2) is 19.1 Å². The molecular formula is C18H21BrN2O3. The third-order valence-corrected chi connectivity index (χ3v) is 4.04. The van der Waals surface area contributed by atoms with Gasteiger partial charge in [0.2, 0.25) is 5.91 Å². The standard InChI is InChI=1S/C18H21BrN2O3/c1-3-23-16-9-12(13(19)11-17(16)24-4-2)10-18(22)21-15-8-6-5-7-14(15)20/h5-9,11H,3-4,10,20H2,1-2H3,(H,21,22). The first kappa shape index (κ1) is 18.1. The predicted molar refractivity (Wildman–Crippen MR) is 99.7 cm³/mol. The van der Waals surface area contributed by atoms with Gasteiger partial charge in [0.1, 0.15) is 0 Å². The van der Waals surface area contributed by atoms with Crippen molar-refractivity contribution in [1.82, 2.24) is 0 Å². The van der Waals surface area contributed by atoms with Crippen molar-refractivity contribution in [3.63, 3.8) is 0 Å². The fourth-order valence-electron chi connectivity index (χ4n) is 2.23. The number of nitrogen functional groups attached to an aromatic ring is 1. The molecule has 0 spiro atoms. The molecule has 0 fully saturated rings. The number of ether oxygens (including phenoxy) is 2. The molecule has 0 aliphatic rings. The average molecular weight is 393 g/mol. The van der Waals surface area contributed by atoms with Crippen molar-refractivity contribution in [2.75, 3.05) is 24.3 Å². The highest BCUT2D eigenvalue weighted by atomic mass is 79.9. The Hall–Kier alpha value is -2.21. The van der Waals surface area contributed by atoms with Crippen LogP contribution in [0.15, 0.2) is 40.9 Å². The van der Waals surface area contributed by atoms with Crippen molar-refractivity contribution in [1.29, 1.82) is 0 Å². The maximum atomic E-state index is 12.3. The number of nitrogens with one attached hydrogen (secondary N) is 1. The van der Waals surface area contributed by atoms with E-state index in [1.807, 2.05) is 38.1 Å². The lowest BCUT2D eigenvalue weighted by Crippen LogP contribution is -2.16. The zero-order valence-corrected chi connectivity index (χ0v) is 15.4. The molecule has 0 aromatic heterocycles. The second-order valence-corrected chi connectivity index (χ2v) is 5.92. The van der Waals surface area contributed by atoms with Gasteiger partial charge in [-0.05, 0) is 43.7 Å². The van der Waals surface area contributed by atoms with Crippen molar-refractivity contribution in [2.45, 2.75) is 20.3 Å². The summed E-state index contributed by atoms with van der Waals surface area (Å²) in [5.74, 6) is 1.13. The van der Waals surface area contributed by atoms with Gasteiger partial charge in [0.15, 0.2) is 11.5 Å². The Morgan fingerprint density at radius 2 is 1.75 bits per heavy atom. The van der Waals surface area contributed by atoms with E-state index in [9.17, 15) is 4.79 Å². The Morgan fingerprint density at radius 1 is 1.12 bits per heavy atom. The highest BCUT2D eigenvalue weighted by molar-refractivity contribution is 9.10. The highest BCUT2D eigenvalue weighted by Crippen LogP contribution is 2.34. The van der Waals surface area contributed by atoms with Crippen LogP contribution in [0.4, 0.5) is 11.4 Å². The predicted octanol–water partition coefficient (Wildman–Crippen LogP) is 4.01. The van der Waals surface area contributed by atoms with Gasteiger partial charge in [0.25, 0.3) is 0 Å². The largest absolute Gasteiger partial charge is 0.490 e. The molecule has 5 nitrogen and oxygen atoms in total. The number of para-hydroxylation sites is 2. The lowest BCUT2D eigenvalue weighted by molar-refractivity contribution is -0.115. The van der Waals surface area contributed by atoms with E-state index < -0.39 is 0 Å². The average Bonchev–Trinajstić information content (AvgIpc) is 2.54. The third-order valence-electron chi connectivity index (χ3n) is 3.30. The molecule has 2 rings (SSSR count). The molecule has 0 unspecified atom stereocenters. The highest BCUT2D eigenvalue weighted by Gasteiger charge is 2.14. The lowest BCUT2D eigenvalue weighted by atomic mass is 10.1. The fourth-order valence-corrected chi connectivity index (χ4v) is 2.69. The zero-order chi connectivity index (χ0) is 17.5. The van der Waals surface area contributed by atoms with E-state index in [1.54, 1.807) is 12.1 Å². The molecular weight excluding hydrogens is 372 g/mol. The van der Waals surface area contributed by atoms with Gasteiger partial charge in [-0.2, -0.15) is 0 Å². The summed E-state index contributed by atoms with van der Waals surface area (Å²) in [5, 5.41) is 2.82. The maximum Gasteiger partial charge on any atom is 0.228 e. The zero-order valence-electron chi connectivity index (χ0n) is 13.8. The van der Waals surface area contributed by atoms with Crippen LogP contribution in [0.3, 0.4) is 0 Å². The minimum atomic E-state index is -0.153. The Kier molecular flexibility index (Phi) is 6.49. The first-order valence-electron chi connectivity index (χ1n) is 7.77. The summed E-state index contributed by atoms with van der Waals surface area (Å²) in [7, 11) is 0. The molecule has 128 valence electrons. The minimum Gasteiger partial charge on any atom is -0.490 e. The van der Waals surface area contributed by atoms with Crippen molar-refractivity contribution in [3.8, 4) is 11.5 Å². The molecule has 0 radical (unpaired) electrons. The van der Waals surface area contributed by atoms with Gasteiger partial charge in [-0.3, -0.25) is 4.79 Å². The molecule has 2 aromatic carbocycles. The van der Waals surface area contributed by atoms with Crippen LogP contribution in [0.5, 0.6) is 11.5 Å². The molecule has 0 saturated carbocycles. The molecule has 2 aromatic rings. The van der Waals surface area contributed by atoms with Crippen LogP contribution in [0.2, 0.25) is 0 Å². The van der Waals surface area contributed by atoms with Gasteiger partial charge in [-0.1, -0.05) is 28.1 Å². The third kappa shape index (κ3) is 4.64. The fraction of sp³-hybridized carbons (Fsp3) is 0.278. The van der Waals surface area contributed by atoms with Gasteiger partial charge in [0.05, 0.1) is 31.0 Å². The Morgan fingerprint density at radius 3 is 2.38 bits per heavy atom. The molecule has 24 heavy (non-hydrogen) atoms. The second kappa shape index (κ2) is 8.59. The quantitative estimate of drug-likeness (QED) is 0.698. The number of nitrogens with two attached hydrogens (primary N) is 1. The Labute approximate surface area is 150 Å². The summed E-state index contributed by atoms with van der Waals surface area (Å²) < 4.78 is 12.0. The number of amides is 1. The summed E-state index contributed by atoms with van der Waals surface area (Å²) in [5.41, 5.74) is 7.80. The van der Waals surface area contributed by atoms with E-state index in [1.165, 1.54) is 0 Å². The molecule has 0 bridgehead atoms. The van der Waals surface area contributed by atoms with E-state index in [2.05, 4.69) is 21.2 Å². The van der Waals surface area contributed by atoms with Crippen molar-refractivity contribution in [3.05, 3.63) is 46.4 Å². The van der Waals surface area contributed by atoms with Crippen LogP contribution < -0.4 is 20.5 Å². The molecule has 0 saturated heterocycles. The smallest absolute Gasteiger partial charge is 0.228 e. The molecule has 6 heteroatoms. The van der Waals surface area contributed by atoms with Crippen LogP contribution in [0.25, 0.3) is 0 Å². The molecule has 0 atom stereocenters. The second-order valence-electron chi connectivity index (χ2n) is 5.07.